The third kappa shape index (κ3) is 3.70. The molecule has 1 aromatic carbocycles. The SMILES string of the molecule is CC1CCC(CNS(=O)(=O)c2ccc([N+](=O)[O-])cc2N)C1. The predicted molar refractivity (Wildman–Crippen MR) is 79.2 cm³/mol. The molecule has 2 rings (SSSR count). The fourth-order valence-electron chi connectivity index (χ4n) is 2.71. The number of anilines is 1. The Labute approximate surface area is 123 Å². The molecule has 1 aliphatic carbocycles. The zero-order valence-corrected chi connectivity index (χ0v) is 12.6. The van der Waals surface area contributed by atoms with E-state index in [9.17, 15) is 18.5 Å². The highest BCUT2D eigenvalue weighted by Gasteiger charge is 2.25. The van der Waals surface area contributed by atoms with Gasteiger partial charge in [0, 0.05) is 18.7 Å². The molecule has 0 aliphatic heterocycles. The minimum Gasteiger partial charge on any atom is -0.397 e. The number of hydrogen-bond donors (Lipinski definition) is 2. The average Bonchev–Trinajstić information content (AvgIpc) is 2.82. The molecule has 0 amide bonds. The van der Waals surface area contributed by atoms with Crippen molar-refractivity contribution in [2.45, 2.75) is 31.1 Å². The molecular formula is C13H19N3O4S. The van der Waals surface area contributed by atoms with Crippen molar-refractivity contribution in [2.75, 3.05) is 12.3 Å². The quantitative estimate of drug-likeness (QED) is 0.489. The molecule has 0 saturated heterocycles. The Morgan fingerprint density at radius 1 is 1.43 bits per heavy atom. The number of nitro groups is 1. The van der Waals surface area contributed by atoms with Gasteiger partial charge in [-0.3, -0.25) is 10.1 Å². The van der Waals surface area contributed by atoms with E-state index in [1.165, 1.54) is 6.07 Å². The van der Waals surface area contributed by atoms with E-state index >= 15 is 0 Å². The zero-order chi connectivity index (χ0) is 15.6. The fourth-order valence-corrected chi connectivity index (χ4v) is 3.94. The highest BCUT2D eigenvalue weighted by atomic mass is 32.2. The van der Waals surface area contributed by atoms with Crippen LogP contribution < -0.4 is 10.5 Å². The lowest BCUT2D eigenvalue weighted by molar-refractivity contribution is -0.384. The van der Waals surface area contributed by atoms with Gasteiger partial charge in [-0.05, 0) is 30.7 Å². The molecule has 0 radical (unpaired) electrons. The normalized spacial score (nSPS) is 22.3. The number of hydrogen-bond acceptors (Lipinski definition) is 5. The van der Waals surface area contributed by atoms with Crippen molar-refractivity contribution in [3.05, 3.63) is 28.3 Å². The van der Waals surface area contributed by atoms with Crippen LogP contribution in [0.2, 0.25) is 0 Å². The Morgan fingerprint density at radius 3 is 2.67 bits per heavy atom. The second-order valence-corrected chi connectivity index (χ2v) is 7.35. The Morgan fingerprint density at radius 2 is 2.14 bits per heavy atom. The summed E-state index contributed by atoms with van der Waals surface area (Å²) < 4.78 is 27.0. The van der Waals surface area contributed by atoms with Gasteiger partial charge in [0.2, 0.25) is 10.0 Å². The second kappa shape index (κ2) is 5.98. The van der Waals surface area contributed by atoms with Crippen LogP contribution in [-0.2, 0) is 10.0 Å². The van der Waals surface area contributed by atoms with Gasteiger partial charge in [0.15, 0.2) is 0 Å². The van der Waals surface area contributed by atoms with Crippen LogP contribution in [0, 0.1) is 22.0 Å². The fraction of sp³-hybridized carbons (Fsp3) is 0.538. The third-order valence-electron chi connectivity index (χ3n) is 3.86. The number of rotatable bonds is 5. The molecule has 1 saturated carbocycles. The molecule has 1 aliphatic rings. The van der Waals surface area contributed by atoms with Crippen LogP contribution in [0.1, 0.15) is 26.2 Å². The number of sulfonamides is 1. The van der Waals surface area contributed by atoms with Crippen LogP contribution in [0.5, 0.6) is 0 Å². The van der Waals surface area contributed by atoms with Crippen molar-refractivity contribution in [1.82, 2.24) is 4.72 Å². The first-order valence-electron chi connectivity index (χ1n) is 6.83. The minimum atomic E-state index is -3.74. The molecule has 3 N–H and O–H groups in total. The summed E-state index contributed by atoms with van der Waals surface area (Å²) in [7, 11) is -3.74. The van der Waals surface area contributed by atoms with Gasteiger partial charge in [0.25, 0.3) is 5.69 Å². The second-order valence-electron chi connectivity index (χ2n) is 5.62. The Bertz CT molecular complexity index is 645. The Kier molecular flexibility index (Phi) is 4.48. The lowest BCUT2D eigenvalue weighted by atomic mass is 10.1. The maximum Gasteiger partial charge on any atom is 0.271 e. The van der Waals surface area contributed by atoms with Crippen LogP contribution in [0.15, 0.2) is 23.1 Å². The molecule has 7 nitrogen and oxygen atoms in total. The van der Waals surface area contributed by atoms with Crippen molar-refractivity contribution < 1.29 is 13.3 Å². The number of nitrogen functional groups attached to an aromatic ring is 1. The highest BCUT2D eigenvalue weighted by molar-refractivity contribution is 7.89. The van der Waals surface area contributed by atoms with Gasteiger partial charge in [-0.15, -0.1) is 0 Å². The molecule has 116 valence electrons. The summed E-state index contributed by atoms with van der Waals surface area (Å²) in [6.45, 7) is 2.53. The van der Waals surface area contributed by atoms with E-state index in [4.69, 9.17) is 5.73 Å². The topological polar surface area (TPSA) is 115 Å². The Hall–Kier alpha value is -1.67. The molecular weight excluding hydrogens is 294 g/mol. The first-order valence-corrected chi connectivity index (χ1v) is 8.31. The standard InChI is InChI=1S/C13H19N3O4S/c1-9-2-3-10(6-9)8-15-21(19,20)13-5-4-11(16(17)18)7-12(13)14/h4-5,7,9-10,15H,2-3,6,8,14H2,1H3. The van der Waals surface area contributed by atoms with Gasteiger partial charge >= 0.3 is 0 Å². The number of nitrogens with two attached hydrogens (primary N) is 1. The van der Waals surface area contributed by atoms with Gasteiger partial charge in [-0.2, -0.15) is 0 Å². The maximum atomic E-state index is 12.2. The molecule has 2 unspecified atom stereocenters. The van der Waals surface area contributed by atoms with Crippen LogP contribution >= 0.6 is 0 Å². The smallest absolute Gasteiger partial charge is 0.271 e. The van der Waals surface area contributed by atoms with Gasteiger partial charge in [0.1, 0.15) is 4.90 Å². The van der Waals surface area contributed by atoms with Crippen LogP contribution in [0.3, 0.4) is 0 Å². The molecule has 21 heavy (non-hydrogen) atoms. The highest BCUT2D eigenvalue weighted by Crippen LogP contribution is 2.30. The summed E-state index contributed by atoms with van der Waals surface area (Å²) in [4.78, 5) is 9.91. The van der Waals surface area contributed by atoms with Crippen LogP contribution in [-0.4, -0.2) is 19.9 Å². The predicted octanol–water partition coefficient (Wildman–Crippen LogP) is 1.89. The number of benzene rings is 1. The average molecular weight is 313 g/mol. The van der Waals surface area contributed by atoms with Crippen molar-refractivity contribution in [3.8, 4) is 0 Å². The van der Waals surface area contributed by atoms with Crippen molar-refractivity contribution >= 4 is 21.4 Å². The van der Waals surface area contributed by atoms with Crippen LogP contribution in [0.25, 0.3) is 0 Å². The van der Waals surface area contributed by atoms with E-state index in [0.717, 1.165) is 31.4 Å². The number of non-ortho nitro benzene ring substituents is 1. The molecule has 0 spiro atoms. The summed E-state index contributed by atoms with van der Waals surface area (Å²) in [5.74, 6) is 0.970. The van der Waals surface area contributed by atoms with Crippen LogP contribution in [0.4, 0.5) is 11.4 Å². The molecule has 8 heteroatoms. The third-order valence-corrected chi connectivity index (χ3v) is 5.36. The van der Waals surface area contributed by atoms with E-state index in [1.807, 2.05) is 0 Å². The summed E-state index contributed by atoms with van der Waals surface area (Å²) >= 11 is 0. The lowest BCUT2D eigenvalue weighted by Crippen LogP contribution is -2.29. The molecule has 1 aromatic rings. The summed E-state index contributed by atoms with van der Waals surface area (Å²) in [5, 5.41) is 10.6. The summed E-state index contributed by atoms with van der Waals surface area (Å²) in [6.07, 6.45) is 3.14. The van der Waals surface area contributed by atoms with E-state index < -0.39 is 14.9 Å². The minimum absolute atomic E-state index is 0.112. The Balaban J connectivity index is 2.10. The van der Waals surface area contributed by atoms with Crippen molar-refractivity contribution in [1.29, 1.82) is 0 Å². The van der Waals surface area contributed by atoms with Crippen molar-refractivity contribution in [3.63, 3.8) is 0 Å². The van der Waals surface area contributed by atoms with E-state index in [2.05, 4.69) is 11.6 Å². The first kappa shape index (κ1) is 15.7. The van der Waals surface area contributed by atoms with Crippen molar-refractivity contribution in [2.24, 2.45) is 11.8 Å². The van der Waals surface area contributed by atoms with Gasteiger partial charge in [-0.25, -0.2) is 13.1 Å². The van der Waals surface area contributed by atoms with E-state index in [-0.39, 0.29) is 16.3 Å². The van der Waals surface area contributed by atoms with Gasteiger partial charge in [-0.1, -0.05) is 13.3 Å². The number of nitrogens with one attached hydrogen (secondary N) is 1. The van der Waals surface area contributed by atoms with Gasteiger partial charge in [0.05, 0.1) is 10.6 Å². The number of nitro benzene ring substituents is 1. The first-order chi connectivity index (χ1) is 9.79. The van der Waals surface area contributed by atoms with E-state index in [0.29, 0.717) is 18.4 Å². The summed E-state index contributed by atoms with van der Waals surface area (Å²) in [6, 6.07) is 3.38. The monoisotopic (exact) mass is 313 g/mol. The number of nitrogens with zero attached hydrogens (tertiary/aromatic N) is 1. The molecule has 2 atom stereocenters. The zero-order valence-electron chi connectivity index (χ0n) is 11.8. The molecule has 0 heterocycles. The largest absolute Gasteiger partial charge is 0.397 e. The maximum absolute atomic E-state index is 12.2. The van der Waals surface area contributed by atoms with Gasteiger partial charge < -0.3 is 5.73 Å². The lowest BCUT2D eigenvalue weighted by Gasteiger charge is -2.12. The molecule has 1 fully saturated rings. The molecule has 0 bridgehead atoms. The molecule has 0 aromatic heterocycles. The summed E-state index contributed by atoms with van der Waals surface area (Å²) in [5.41, 5.74) is 5.29. The van der Waals surface area contributed by atoms with E-state index in [1.54, 1.807) is 0 Å².